The van der Waals surface area contributed by atoms with Crippen molar-refractivity contribution in [2.45, 2.75) is 257 Å². The lowest BCUT2D eigenvalue weighted by atomic mass is 10.0. The molecule has 4 heteroatoms. The zero-order chi connectivity index (χ0) is 34.1. The topological polar surface area (TPSA) is 63.6 Å². The van der Waals surface area contributed by atoms with E-state index in [9.17, 15) is 9.59 Å². The molecule has 0 spiro atoms. The molecule has 0 aliphatic carbocycles. The third kappa shape index (κ3) is 42.9. The molecule has 0 unspecified atom stereocenters. The average molecular weight is 665 g/mol. The van der Waals surface area contributed by atoms with E-state index in [1.165, 1.54) is 212 Å². The van der Waals surface area contributed by atoms with Gasteiger partial charge in [-0.15, -0.1) is 0 Å². The van der Waals surface area contributed by atoms with Crippen molar-refractivity contribution in [3.63, 3.8) is 0 Å². The number of esters is 1. The highest BCUT2D eigenvalue weighted by Gasteiger charge is 2.03. The minimum Gasteiger partial charge on any atom is -0.481 e. The van der Waals surface area contributed by atoms with Gasteiger partial charge in [0.1, 0.15) is 0 Å². The molecule has 280 valence electrons. The van der Waals surface area contributed by atoms with Crippen LogP contribution in [0.15, 0.2) is 0 Å². The molecule has 0 fully saturated rings. The summed E-state index contributed by atoms with van der Waals surface area (Å²) in [5.74, 6) is -0.635. The van der Waals surface area contributed by atoms with Gasteiger partial charge in [0, 0.05) is 12.8 Å². The van der Waals surface area contributed by atoms with Gasteiger partial charge < -0.3 is 9.84 Å². The van der Waals surface area contributed by atoms with Gasteiger partial charge in [-0.3, -0.25) is 9.59 Å². The molecule has 0 aromatic carbocycles. The Morgan fingerprint density at radius 2 is 0.574 bits per heavy atom. The van der Waals surface area contributed by atoms with Gasteiger partial charge in [0.05, 0.1) is 6.61 Å². The van der Waals surface area contributed by atoms with E-state index < -0.39 is 5.97 Å². The summed E-state index contributed by atoms with van der Waals surface area (Å²) in [6.45, 7) is 2.90. The highest BCUT2D eigenvalue weighted by atomic mass is 16.5. The summed E-state index contributed by atoms with van der Waals surface area (Å²) in [7, 11) is 0. The van der Waals surface area contributed by atoms with Crippen LogP contribution in [0.3, 0.4) is 0 Å². The Bertz CT molecular complexity index is 619. The molecule has 0 atom stereocenters. The van der Waals surface area contributed by atoms with Crippen LogP contribution in [-0.2, 0) is 14.3 Å². The van der Waals surface area contributed by atoms with Crippen LogP contribution in [0.1, 0.15) is 257 Å². The number of rotatable bonds is 41. The molecular formula is C43H84O4. The van der Waals surface area contributed by atoms with E-state index in [-0.39, 0.29) is 5.97 Å². The van der Waals surface area contributed by atoms with Gasteiger partial charge in [-0.2, -0.15) is 0 Å². The number of carboxylic acids is 1. The number of ether oxygens (including phenoxy) is 1. The lowest BCUT2D eigenvalue weighted by Crippen LogP contribution is -2.05. The van der Waals surface area contributed by atoms with Gasteiger partial charge in [-0.25, -0.2) is 0 Å². The van der Waals surface area contributed by atoms with Crippen LogP contribution in [0.4, 0.5) is 0 Å². The molecule has 0 aliphatic heterocycles. The maximum atomic E-state index is 11.9. The third-order valence-electron chi connectivity index (χ3n) is 10.0. The van der Waals surface area contributed by atoms with Crippen molar-refractivity contribution < 1.29 is 19.4 Å². The largest absolute Gasteiger partial charge is 0.481 e. The lowest BCUT2D eigenvalue weighted by molar-refractivity contribution is -0.144. The zero-order valence-corrected chi connectivity index (χ0v) is 32.0. The van der Waals surface area contributed by atoms with Gasteiger partial charge in [0.15, 0.2) is 0 Å². The standard InChI is InChI=1S/C43H84O4/c1-2-3-4-5-6-7-24-28-31-34-37-40-43(46)47-41-38-35-32-29-26-23-21-19-17-15-13-11-9-8-10-12-14-16-18-20-22-25-27-30-33-36-39-42(44)45/h2-41H2,1H3,(H,44,45). The first-order chi connectivity index (χ1) is 23.2. The number of aliphatic carboxylic acids is 1. The molecule has 0 amide bonds. The average Bonchev–Trinajstić information content (AvgIpc) is 3.06. The fourth-order valence-electron chi connectivity index (χ4n) is 6.81. The molecule has 0 aromatic rings. The summed E-state index contributed by atoms with van der Waals surface area (Å²) < 4.78 is 5.45. The fraction of sp³-hybridized carbons (Fsp3) is 0.953. The Morgan fingerprint density at radius 3 is 0.851 bits per heavy atom. The Kier molecular flexibility index (Phi) is 40.2. The van der Waals surface area contributed by atoms with Crippen molar-refractivity contribution in [1.82, 2.24) is 0 Å². The summed E-state index contributed by atoms with van der Waals surface area (Å²) in [5.41, 5.74) is 0. The molecule has 0 aromatic heterocycles. The van der Waals surface area contributed by atoms with Crippen molar-refractivity contribution in [2.24, 2.45) is 0 Å². The van der Waals surface area contributed by atoms with Crippen LogP contribution in [-0.4, -0.2) is 23.7 Å². The zero-order valence-electron chi connectivity index (χ0n) is 32.0. The maximum absolute atomic E-state index is 11.9. The molecule has 0 rings (SSSR count). The van der Waals surface area contributed by atoms with E-state index in [0.717, 1.165) is 25.7 Å². The second-order valence-electron chi connectivity index (χ2n) is 14.8. The van der Waals surface area contributed by atoms with E-state index in [1.807, 2.05) is 0 Å². The predicted molar refractivity (Wildman–Crippen MR) is 204 cm³/mol. The number of carbonyl (C=O) groups excluding carboxylic acids is 1. The smallest absolute Gasteiger partial charge is 0.305 e. The number of carboxylic acid groups (broad SMARTS) is 1. The third-order valence-corrected chi connectivity index (χ3v) is 10.0. The fourth-order valence-corrected chi connectivity index (χ4v) is 6.81. The van der Waals surface area contributed by atoms with Crippen LogP contribution in [0.5, 0.6) is 0 Å². The van der Waals surface area contributed by atoms with Crippen molar-refractivity contribution in [2.75, 3.05) is 6.61 Å². The van der Waals surface area contributed by atoms with Crippen molar-refractivity contribution in [3.05, 3.63) is 0 Å². The molecule has 47 heavy (non-hydrogen) atoms. The van der Waals surface area contributed by atoms with E-state index >= 15 is 0 Å². The second-order valence-corrected chi connectivity index (χ2v) is 14.8. The molecule has 0 radical (unpaired) electrons. The van der Waals surface area contributed by atoms with Gasteiger partial charge in [-0.05, 0) is 19.3 Å². The summed E-state index contributed by atoms with van der Waals surface area (Å²) in [5, 5.41) is 8.65. The highest BCUT2D eigenvalue weighted by molar-refractivity contribution is 5.69. The minimum absolute atomic E-state index is 0.0194. The van der Waals surface area contributed by atoms with Crippen LogP contribution in [0.2, 0.25) is 0 Å². The van der Waals surface area contributed by atoms with Crippen molar-refractivity contribution >= 4 is 11.9 Å². The summed E-state index contributed by atoms with van der Waals surface area (Å²) in [4.78, 5) is 22.4. The van der Waals surface area contributed by atoms with Crippen molar-refractivity contribution in [1.29, 1.82) is 0 Å². The number of unbranched alkanes of at least 4 members (excludes halogenated alkanes) is 35. The molecule has 0 bridgehead atoms. The van der Waals surface area contributed by atoms with E-state index in [1.54, 1.807) is 0 Å². The predicted octanol–water partition coefficient (Wildman–Crippen LogP) is 14.8. The first-order valence-corrected chi connectivity index (χ1v) is 21.5. The Morgan fingerprint density at radius 1 is 0.340 bits per heavy atom. The van der Waals surface area contributed by atoms with Crippen LogP contribution < -0.4 is 0 Å². The van der Waals surface area contributed by atoms with E-state index in [4.69, 9.17) is 9.84 Å². The first kappa shape index (κ1) is 45.9. The van der Waals surface area contributed by atoms with Gasteiger partial charge in [-0.1, -0.05) is 225 Å². The maximum Gasteiger partial charge on any atom is 0.305 e. The monoisotopic (exact) mass is 665 g/mol. The molecule has 0 saturated heterocycles. The second kappa shape index (κ2) is 41.1. The van der Waals surface area contributed by atoms with E-state index in [2.05, 4.69) is 6.92 Å². The minimum atomic E-state index is -0.654. The summed E-state index contributed by atoms with van der Waals surface area (Å²) >= 11 is 0. The number of carbonyl (C=O) groups is 2. The van der Waals surface area contributed by atoms with Crippen LogP contribution in [0, 0.1) is 0 Å². The van der Waals surface area contributed by atoms with Crippen LogP contribution in [0.25, 0.3) is 0 Å². The van der Waals surface area contributed by atoms with Gasteiger partial charge in [0.25, 0.3) is 0 Å². The van der Waals surface area contributed by atoms with Gasteiger partial charge >= 0.3 is 11.9 Å². The van der Waals surface area contributed by atoms with Crippen molar-refractivity contribution in [3.8, 4) is 0 Å². The number of hydrogen-bond donors (Lipinski definition) is 1. The van der Waals surface area contributed by atoms with Gasteiger partial charge in [0.2, 0.25) is 0 Å². The molecule has 1 N–H and O–H groups in total. The SMILES string of the molecule is CCCCCCCCCCCCCC(=O)OCCCCCCCCCCCCCCCCCCCCCCCCCCCCC(=O)O. The Balaban J connectivity index is 3.12. The normalized spacial score (nSPS) is 11.3. The molecule has 0 heterocycles. The number of hydrogen-bond acceptors (Lipinski definition) is 3. The summed E-state index contributed by atoms with van der Waals surface area (Å²) in [6.07, 6.45) is 50.1. The molecule has 4 nitrogen and oxygen atoms in total. The summed E-state index contributed by atoms with van der Waals surface area (Å²) in [6, 6.07) is 0. The highest BCUT2D eigenvalue weighted by Crippen LogP contribution is 2.17. The molecule has 0 saturated carbocycles. The molecule has 0 aliphatic rings. The quantitative estimate of drug-likeness (QED) is 0.0522. The van der Waals surface area contributed by atoms with E-state index in [0.29, 0.717) is 19.4 Å². The Labute approximate surface area is 294 Å². The van der Waals surface area contributed by atoms with Crippen LogP contribution >= 0.6 is 0 Å². The molecular weight excluding hydrogens is 580 g/mol. The lowest BCUT2D eigenvalue weighted by Gasteiger charge is -2.06. The Hall–Kier alpha value is -1.06. The first-order valence-electron chi connectivity index (χ1n) is 21.5.